The maximum atomic E-state index is 14.7. The lowest BCUT2D eigenvalue weighted by molar-refractivity contribution is -0.142. The Hall–Kier alpha value is -3.97. The second-order valence-electron chi connectivity index (χ2n) is 15.2. The van der Waals surface area contributed by atoms with Crippen molar-refractivity contribution in [2.24, 2.45) is 11.8 Å². The summed E-state index contributed by atoms with van der Waals surface area (Å²) in [5.74, 6) is -0.589. The van der Waals surface area contributed by atoms with E-state index >= 15 is 0 Å². The highest BCUT2D eigenvalue weighted by atomic mass is 32.2. The molecule has 0 spiro atoms. The summed E-state index contributed by atoms with van der Waals surface area (Å²) in [5.41, 5.74) is -0.554. The number of carbonyl (C=O) groups is 3. The molecular weight excluding hydrogens is 683 g/mol. The number of benzene rings is 1. The lowest BCUT2D eigenvalue weighted by Gasteiger charge is -2.35. The maximum Gasteiger partial charge on any atom is 0.259 e. The van der Waals surface area contributed by atoms with E-state index in [0.29, 0.717) is 25.3 Å². The summed E-state index contributed by atoms with van der Waals surface area (Å²) in [4.78, 5) is 48.9. The van der Waals surface area contributed by atoms with Crippen LogP contribution in [0.1, 0.15) is 89.0 Å². The number of allylic oxidation sites excluding steroid dienone is 1. The summed E-state index contributed by atoms with van der Waals surface area (Å²) >= 11 is 0. The Morgan fingerprint density at radius 1 is 1.12 bits per heavy atom. The van der Waals surface area contributed by atoms with E-state index in [0.717, 1.165) is 79.9 Å². The first-order chi connectivity index (χ1) is 25.1. The van der Waals surface area contributed by atoms with Gasteiger partial charge in [0.25, 0.3) is 5.91 Å². The Morgan fingerprint density at radius 2 is 1.90 bits per heavy atom. The van der Waals surface area contributed by atoms with E-state index in [9.17, 15) is 22.8 Å². The van der Waals surface area contributed by atoms with Crippen LogP contribution in [0, 0.1) is 11.8 Å². The van der Waals surface area contributed by atoms with E-state index in [4.69, 9.17) is 9.47 Å². The fourth-order valence-electron chi connectivity index (χ4n) is 8.28. The van der Waals surface area contributed by atoms with Crippen molar-refractivity contribution >= 4 is 44.6 Å². The van der Waals surface area contributed by atoms with Gasteiger partial charge in [-0.3, -0.25) is 19.1 Å². The molecular formula is C39H51N5O7S. The van der Waals surface area contributed by atoms with Crippen molar-refractivity contribution in [2.45, 2.75) is 112 Å². The first-order valence-electron chi connectivity index (χ1n) is 19.0. The van der Waals surface area contributed by atoms with Crippen LogP contribution >= 0.6 is 0 Å². The van der Waals surface area contributed by atoms with Crippen LogP contribution in [0.15, 0.2) is 43.1 Å². The van der Waals surface area contributed by atoms with Crippen molar-refractivity contribution in [1.29, 1.82) is 0 Å². The predicted molar refractivity (Wildman–Crippen MR) is 198 cm³/mol. The quantitative estimate of drug-likeness (QED) is 0.335. The van der Waals surface area contributed by atoms with Crippen molar-refractivity contribution in [2.75, 3.05) is 20.2 Å². The molecule has 1 unspecified atom stereocenters. The van der Waals surface area contributed by atoms with E-state index in [1.54, 1.807) is 24.3 Å². The molecule has 5 aliphatic rings. The van der Waals surface area contributed by atoms with Crippen LogP contribution in [-0.4, -0.2) is 85.2 Å². The van der Waals surface area contributed by atoms with Crippen LogP contribution in [0.4, 0.5) is 0 Å². The average Bonchev–Trinajstić information content (AvgIpc) is 4.07. The number of sulfonamides is 1. The number of ether oxygens (including phenoxy) is 2. The molecule has 1 aromatic carbocycles. The summed E-state index contributed by atoms with van der Waals surface area (Å²) in [6.07, 6.45) is 17.3. The molecule has 1 aromatic heterocycles. The van der Waals surface area contributed by atoms with Gasteiger partial charge in [0.1, 0.15) is 23.4 Å². The number of fused-ring (bicyclic) bond motifs is 3. The number of methoxy groups -OCH3 is 1. The summed E-state index contributed by atoms with van der Waals surface area (Å²) in [5, 5.41) is 7.59. The number of pyridine rings is 1. The van der Waals surface area contributed by atoms with Gasteiger partial charge in [0.15, 0.2) is 0 Å². The molecule has 2 aliphatic heterocycles. The van der Waals surface area contributed by atoms with Crippen LogP contribution in [-0.2, 0) is 24.4 Å². The Morgan fingerprint density at radius 3 is 2.63 bits per heavy atom. The number of aromatic nitrogens is 1. The first kappa shape index (κ1) is 36.4. The molecule has 0 radical (unpaired) electrons. The summed E-state index contributed by atoms with van der Waals surface area (Å²) in [6, 6.07) is 4.45. The number of nitrogens with one attached hydrogen (secondary N) is 3. The van der Waals surface area contributed by atoms with Gasteiger partial charge < -0.3 is 25.0 Å². The molecule has 12 nitrogen and oxygen atoms in total. The van der Waals surface area contributed by atoms with E-state index in [1.807, 2.05) is 18.2 Å². The zero-order chi connectivity index (χ0) is 36.5. The van der Waals surface area contributed by atoms with Gasteiger partial charge in [-0.25, -0.2) is 13.4 Å². The second-order valence-corrected chi connectivity index (χ2v) is 17.1. The third-order valence-electron chi connectivity index (χ3n) is 11.6. The molecule has 4 bridgehead atoms. The number of hydrogen-bond donors (Lipinski definition) is 3. The molecule has 4 fully saturated rings. The predicted octanol–water partition coefficient (Wildman–Crippen LogP) is 4.39. The molecule has 7 rings (SSSR count). The minimum absolute atomic E-state index is 0.143. The van der Waals surface area contributed by atoms with Gasteiger partial charge in [-0.05, 0) is 87.4 Å². The minimum Gasteiger partial charge on any atom is -0.496 e. The molecule has 2 aromatic rings. The van der Waals surface area contributed by atoms with Gasteiger partial charge in [-0.2, -0.15) is 0 Å². The fourth-order valence-corrected chi connectivity index (χ4v) is 9.64. The Kier molecular flexibility index (Phi) is 10.6. The van der Waals surface area contributed by atoms with Crippen molar-refractivity contribution in [3.63, 3.8) is 0 Å². The van der Waals surface area contributed by atoms with Crippen molar-refractivity contribution in [3.05, 3.63) is 48.7 Å². The lowest BCUT2D eigenvalue weighted by Crippen LogP contribution is -2.59. The smallest absolute Gasteiger partial charge is 0.259 e. The third-order valence-corrected chi connectivity index (χ3v) is 13.4. The molecule has 280 valence electrons. The number of amides is 3. The van der Waals surface area contributed by atoms with E-state index in [2.05, 4.69) is 39.1 Å². The van der Waals surface area contributed by atoms with E-state index in [-0.39, 0.29) is 31.2 Å². The number of carbonyl (C=O) groups excluding carboxylic acids is 3. The van der Waals surface area contributed by atoms with Crippen LogP contribution in [0.25, 0.3) is 16.8 Å². The van der Waals surface area contributed by atoms with Gasteiger partial charge in [-0.1, -0.05) is 43.9 Å². The minimum atomic E-state index is -3.84. The highest BCUT2D eigenvalue weighted by Gasteiger charge is 2.62. The molecule has 5 atom stereocenters. The molecule has 3 aliphatic carbocycles. The second kappa shape index (κ2) is 15.2. The number of rotatable bonds is 8. The van der Waals surface area contributed by atoms with Crippen LogP contribution in [0.5, 0.6) is 11.6 Å². The van der Waals surface area contributed by atoms with Gasteiger partial charge >= 0.3 is 0 Å². The van der Waals surface area contributed by atoms with E-state index in [1.165, 1.54) is 0 Å². The third kappa shape index (κ3) is 7.57. The lowest BCUT2D eigenvalue weighted by atomic mass is 9.83. The number of hydrogen-bond acceptors (Lipinski definition) is 9. The Balaban J connectivity index is 1.21. The normalized spacial score (nSPS) is 29.4. The van der Waals surface area contributed by atoms with E-state index < -0.39 is 56.7 Å². The highest BCUT2D eigenvalue weighted by molar-refractivity contribution is 7.91. The summed E-state index contributed by atoms with van der Waals surface area (Å²) in [7, 11) is -2.19. The van der Waals surface area contributed by atoms with Gasteiger partial charge in [0, 0.05) is 29.5 Å². The molecule has 1 saturated heterocycles. The summed E-state index contributed by atoms with van der Waals surface area (Å²) < 4.78 is 40.0. The fraction of sp³-hybridized carbons (Fsp3) is 0.590. The molecule has 52 heavy (non-hydrogen) atoms. The summed E-state index contributed by atoms with van der Waals surface area (Å²) in [6.45, 7) is 4.67. The first-order valence-corrected chi connectivity index (χ1v) is 20.5. The van der Waals surface area contributed by atoms with Crippen molar-refractivity contribution in [3.8, 4) is 11.6 Å². The zero-order valence-electron chi connectivity index (χ0n) is 30.0. The Labute approximate surface area is 306 Å². The van der Waals surface area contributed by atoms with Gasteiger partial charge in [0.2, 0.25) is 27.7 Å². The number of nitrogens with zero attached hydrogens (tertiary/aromatic N) is 2. The average molecular weight is 734 g/mol. The molecule has 13 heteroatoms. The van der Waals surface area contributed by atoms with Crippen molar-refractivity contribution < 1.29 is 32.3 Å². The molecule has 3 amide bonds. The van der Waals surface area contributed by atoms with Gasteiger partial charge in [0.05, 0.1) is 24.9 Å². The molecule has 3 N–H and O–H groups in total. The SMILES string of the molecule is C=C[C@@H]1C[C@]1(NC(=O)C1C[C@@H]2CN1C(=O)[C@H](C1CCCCC1)NCCCCC/C=C/c1cc3c(nccc3cc1OC)O2)C(=O)NS(=O)(=O)C1CC1. The Bertz CT molecular complexity index is 1840. The molecule has 3 saturated carbocycles. The highest BCUT2D eigenvalue weighted by Crippen LogP contribution is 2.46. The van der Waals surface area contributed by atoms with Gasteiger partial charge in [-0.15, -0.1) is 6.58 Å². The van der Waals surface area contributed by atoms with Crippen LogP contribution in [0.2, 0.25) is 0 Å². The topological polar surface area (TPSA) is 156 Å². The van der Waals surface area contributed by atoms with Crippen molar-refractivity contribution in [1.82, 2.24) is 25.2 Å². The maximum absolute atomic E-state index is 14.7. The van der Waals surface area contributed by atoms with Crippen LogP contribution in [0.3, 0.4) is 0 Å². The largest absolute Gasteiger partial charge is 0.496 e. The monoisotopic (exact) mass is 733 g/mol. The molecule has 3 heterocycles. The standard InChI is InChI=1S/C39H51N5O7S/c1-3-28-23-39(28,38(47)43-52(48,49)30-15-16-30)42-35(45)32-22-29-24-44(32)37(46)34(25-12-9-7-10-13-25)40-18-11-6-4-5-8-14-27-20-31-26(21-33(27)50-2)17-19-41-36(31)51-29/h3,8,14,17,19-21,25,28-30,32,34,40H,1,4-7,9-13,15-16,18,22-24H2,2H3,(H,42,45)(H,43,47)/b14-8+/t28-,29-,32?,34+,39-/m1/s1. The van der Waals surface area contributed by atoms with Crippen LogP contribution < -0.4 is 24.8 Å². The zero-order valence-corrected chi connectivity index (χ0v) is 30.8.